The van der Waals surface area contributed by atoms with Gasteiger partial charge in [0.15, 0.2) is 0 Å². The molecule has 2 aromatic rings. The highest BCUT2D eigenvalue weighted by molar-refractivity contribution is 5.76. The summed E-state index contributed by atoms with van der Waals surface area (Å²) in [6.45, 7) is 5.79. The van der Waals surface area contributed by atoms with Gasteiger partial charge in [0.25, 0.3) is 0 Å². The van der Waals surface area contributed by atoms with Gasteiger partial charge in [-0.2, -0.15) is 5.10 Å². The average molecular weight is 278 g/mol. The number of tetrazole rings is 1. The number of carbonyl (C=O) groups is 1. The highest BCUT2D eigenvalue weighted by Crippen LogP contribution is 2.20. The van der Waals surface area contributed by atoms with Crippen LogP contribution in [-0.2, 0) is 18.4 Å². The number of nitrogen functional groups attached to an aromatic ring is 1. The Hall–Kier alpha value is -2.45. The van der Waals surface area contributed by atoms with Gasteiger partial charge in [-0.3, -0.25) is 9.48 Å². The summed E-state index contributed by atoms with van der Waals surface area (Å²) in [4.78, 5) is 12.0. The molecular formula is C11H18N8O. The molecule has 0 aliphatic heterocycles. The largest absolute Gasteiger partial charge is 0.367 e. The molecule has 0 aliphatic rings. The van der Waals surface area contributed by atoms with Crippen LogP contribution >= 0.6 is 0 Å². The van der Waals surface area contributed by atoms with E-state index in [-0.39, 0.29) is 24.4 Å². The predicted molar refractivity (Wildman–Crippen MR) is 71.5 cm³/mol. The van der Waals surface area contributed by atoms with E-state index in [0.717, 1.165) is 17.0 Å². The number of nitrogens with zero attached hydrogens (tertiary/aromatic N) is 6. The maximum atomic E-state index is 12.0. The summed E-state index contributed by atoms with van der Waals surface area (Å²) in [6.07, 6.45) is 0. The van der Waals surface area contributed by atoms with Crippen molar-refractivity contribution in [3.63, 3.8) is 0 Å². The van der Waals surface area contributed by atoms with Crippen molar-refractivity contribution in [2.75, 3.05) is 5.73 Å². The van der Waals surface area contributed by atoms with Gasteiger partial charge in [0.05, 0.1) is 11.7 Å². The van der Waals surface area contributed by atoms with E-state index in [1.807, 2.05) is 27.8 Å². The van der Waals surface area contributed by atoms with Crippen molar-refractivity contribution in [1.82, 2.24) is 35.3 Å². The third-order valence-corrected chi connectivity index (χ3v) is 3.23. The quantitative estimate of drug-likeness (QED) is 0.777. The first-order valence-electron chi connectivity index (χ1n) is 6.21. The molecule has 9 nitrogen and oxygen atoms in total. The number of aryl methyl sites for hydroxylation is 2. The fourth-order valence-corrected chi connectivity index (χ4v) is 2.24. The van der Waals surface area contributed by atoms with Crippen LogP contribution in [0.2, 0.25) is 0 Å². The fraction of sp³-hybridized carbons (Fsp3) is 0.545. The number of hydrogen-bond donors (Lipinski definition) is 2. The number of hydrogen-bond acceptors (Lipinski definition) is 6. The third kappa shape index (κ3) is 2.60. The zero-order chi connectivity index (χ0) is 14.9. The molecule has 108 valence electrons. The van der Waals surface area contributed by atoms with Crippen molar-refractivity contribution in [3.8, 4) is 0 Å². The summed E-state index contributed by atoms with van der Waals surface area (Å²) in [6, 6.07) is -0.145. The van der Waals surface area contributed by atoms with Crippen molar-refractivity contribution >= 4 is 11.9 Å². The molecule has 0 aromatic carbocycles. The summed E-state index contributed by atoms with van der Waals surface area (Å²) in [7, 11) is 1.88. The van der Waals surface area contributed by atoms with Crippen LogP contribution in [0.1, 0.15) is 29.9 Å². The lowest BCUT2D eigenvalue weighted by Gasteiger charge is -2.14. The van der Waals surface area contributed by atoms with Crippen LogP contribution in [0.25, 0.3) is 0 Å². The second kappa shape index (κ2) is 5.27. The lowest BCUT2D eigenvalue weighted by molar-refractivity contribution is -0.122. The normalized spacial score (nSPS) is 12.4. The maximum Gasteiger partial charge on any atom is 0.242 e. The second-order valence-corrected chi connectivity index (χ2v) is 4.69. The molecule has 2 aromatic heterocycles. The fourth-order valence-electron chi connectivity index (χ4n) is 2.24. The number of nitrogens with one attached hydrogen (secondary N) is 1. The molecular weight excluding hydrogens is 260 g/mol. The molecule has 0 unspecified atom stereocenters. The molecule has 9 heteroatoms. The van der Waals surface area contributed by atoms with E-state index in [1.165, 1.54) is 4.68 Å². The number of amides is 1. The third-order valence-electron chi connectivity index (χ3n) is 3.23. The Balaban J connectivity index is 2.06. The average Bonchev–Trinajstić information content (AvgIpc) is 2.84. The smallest absolute Gasteiger partial charge is 0.242 e. The Morgan fingerprint density at radius 3 is 2.65 bits per heavy atom. The van der Waals surface area contributed by atoms with Gasteiger partial charge < -0.3 is 11.1 Å². The van der Waals surface area contributed by atoms with Crippen LogP contribution in [-0.4, -0.2) is 35.9 Å². The molecule has 0 saturated carbocycles. The van der Waals surface area contributed by atoms with Crippen molar-refractivity contribution in [2.24, 2.45) is 7.05 Å². The van der Waals surface area contributed by atoms with Gasteiger partial charge in [-0.1, -0.05) is 5.10 Å². The SMILES string of the molecule is Cc1nn(C)c(C)c1[C@H](C)NC(=O)Cn1nnnc1N. The van der Waals surface area contributed by atoms with Crippen molar-refractivity contribution in [3.05, 3.63) is 17.0 Å². The summed E-state index contributed by atoms with van der Waals surface area (Å²) in [5.41, 5.74) is 8.46. The maximum absolute atomic E-state index is 12.0. The Morgan fingerprint density at radius 2 is 2.15 bits per heavy atom. The van der Waals surface area contributed by atoms with Crippen molar-refractivity contribution in [2.45, 2.75) is 33.4 Å². The Morgan fingerprint density at radius 1 is 1.45 bits per heavy atom. The van der Waals surface area contributed by atoms with Crippen LogP contribution < -0.4 is 11.1 Å². The van der Waals surface area contributed by atoms with E-state index in [1.54, 1.807) is 4.68 Å². The van der Waals surface area contributed by atoms with E-state index in [4.69, 9.17) is 5.73 Å². The van der Waals surface area contributed by atoms with Gasteiger partial charge in [0.1, 0.15) is 6.54 Å². The molecule has 2 heterocycles. The number of anilines is 1. The standard InChI is InChI=1S/C11H18N8O/c1-6(10-7(2)15-18(4)8(10)3)13-9(20)5-19-11(12)14-16-17-19/h6H,5H2,1-4H3,(H,13,20)(H2,12,14,17)/t6-/m0/s1. The highest BCUT2D eigenvalue weighted by Gasteiger charge is 2.18. The zero-order valence-corrected chi connectivity index (χ0v) is 12.0. The van der Waals surface area contributed by atoms with E-state index < -0.39 is 0 Å². The van der Waals surface area contributed by atoms with Crippen molar-refractivity contribution in [1.29, 1.82) is 0 Å². The van der Waals surface area contributed by atoms with E-state index in [9.17, 15) is 4.79 Å². The summed E-state index contributed by atoms with van der Waals surface area (Å²) < 4.78 is 3.04. The van der Waals surface area contributed by atoms with Gasteiger partial charge in [-0.05, 0) is 31.2 Å². The monoisotopic (exact) mass is 278 g/mol. The van der Waals surface area contributed by atoms with Gasteiger partial charge in [-0.15, -0.1) is 0 Å². The number of carbonyl (C=O) groups excluding carboxylic acids is 1. The summed E-state index contributed by atoms with van der Waals surface area (Å²) >= 11 is 0. The lowest BCUT2D eigenvalue weighted by atomic mass is 10.1. The minimum absolute atomic E-state index is 0.0124. The van der Waals surface area contributed by atoms with E-state index >= 15 is 0 Å². The first kappa shape index (κ1) is 14.0. The van der Waals surface area contributed by atoms with E-state index in [2.05, 4.69) is 25.9 Å². The Kier molecular flexibility index (Phi) is 3.68. The van der Waals surface area contributed by atoms with Crippen molar-refractivity contribution < 1.29 is 4.79 Å². The second-order valence-electron chi connectivity index (χ2n) is 4.69. The predicted octanol–water partition coefficient (Wildman–Crippen LogP) is -0.517. The molecule has 2 rings (SSSR count). The molecule has 0 radical (unpaired) electrons. The molecule has 0 bridgehead atoms. The first-order valence-corrected chi connectivity index (χ1v) is 6.21. The first-order chi connectivity index (χ1) is 9.40. The van der Waals surface area contributed by atoms with Crippen LogP contribution in [0.3, 0.4) is 0 Å². The Labute approximate surface area is 116 Å². The van der Waals surface area contributed by atoms with Gasteiger partial charge in [0.2, 0.25) is 11.9 Å². The van der Waals surface area contributed by atoms with Gasteiger partial charge in [0, 0.05) is 18.3 Å². The topological polar surface area (TPSA) is 117 Å². The minimum Gasteiger partial charge on any atom is -0.367 e. The van der Waals surface area contributed by atoms with Crippen LogP contribution in [0, 0.1) is 13.8 Å². The molecule has 0 saturated heterocycles. The molecule has 20 heavy (non-hydrogen) atoms. The number of aromatic nitrogens is 6. The number of nitrogens with two attached hydrogens (primary N) is 1. The van der Waals surface area contributed by atoms with E-state index in [0.29, 0.717) is 0 Å². The van der Waals surface area contributed by atoms with Crippen LogP contribution in [0.4, 0.5) is 5.95 Å². The van der Waals surface area contributed by atoms with Crippen LogP contribution in [0.5, 0.6) is 0 Å². The molecule has 1 amide bonds. The summed E-state index contributed by atoms with van der Waals surface area (Å²) in [5, 5.41) is 17.8. The minimum atomic E-state index is -0.209. The number of rotatable bonds is 4. The lowest BCUT2D eigenvalue weighted by Crippen LogP contribution is -2.31. The molecule has 1 atom stereocenters. The highest BCUT2D eigenvalue weighted by atomic mass is 16.2. The molecule has 3 N–H and O–H groups in total. The van der Waals surface area contributed by atoms with Gasteiger partial charge in [-0.25, -0.2) is 4.68 Å². The molecule has 0 fully saturated rings. The summed E-state index contributed by atoms with van der Waals surface area (Å²) in [5.74, 6) is -0.0966. The van der Waals surface area contributed by atoms with Gasteiger partial charge >= 0.3 is 0 Å². The molecule has 0 spiro atoms. The molecule has 0 aliphatic carbocycles. The Bertz CT molecular complexity index is 628. The van der Waals surface area contributed by atoms with Crippen LogP contribution in [0.15, 0.2) is 0 Å². The zero-order valence-electron chi connectivity index (χ0n) is 12.0.